The molecule has 0 bridgehead atoms. The summed E-state index contributed by atoms with van der Waals surface area (Å²) < 4.78 is 42.6. The maximum atomic E-state index is 12.5. The van der Waals surface area contributed by atoms with Crippen molar-refractivity contribution in [2.24, 2.45) is 10.9 Å². The van der Waals surface area contributed by atoms with E-state index < -0.39 is 12.7 Å². The zero-order valence-electron chi connectivity index (χ0n) is 17.8. The maximum Gasteiger partial charge on any atom is 0.401 e. The summed E-state index contributed by atoms with van der Waals surface area (Å²) in [7, 11) is 1.52. The van der Waals surface area contributed by atoms with Gasteiger partial charge in [-0.05, 0) is 63.2 Å². The zero-order chi connectivity index (χ0) is 22.0. The van der Waals surface area contributed by atoms with Gasteiger partial charge in [-0.15, -0.1) is 0 Å². The molecule has 1 aliphatic rings. The molecule has 0 spiro atoms. The van der Waals surface area contributed by atoms with Crippen molar-refractivity contribution in [3.63, 3.8) is 0 Å². The lowest BCUT2D eigenvalue weighted by Crippen LogP contribution is -2.40. The molecular formula is C21H33F3N4O2. The molecule has 0 unspecified atom stereocenters. The monoisotopic (exact) mass is 430 g/mol. The van der Waals surface area contributed by atoms with Gasteiger partial charge < -0.3 is 20.5 Å². The number of phenolic OH excluding ortho intramolecular Hbond substituents is 1. The number of likely N-dealkylation sites (tertiary alicyclic amines) is 1. The molecule has 0 amide bonds. The predicted octanol–water partition coefficient (Wildman–Crippen LogP) is 3.16. The normalized spacial score (nSPS) is 16.5. The highest BCUT2D eigenvalue weighted by atomic mass is 19.4. The third-order valence-corrected chi connectivity index (χ3v) is 5.25. The van der Waals surface area contributed by atoms with Crippen molar-refractivity contribution >= 4 is 5.96 Å². The summed E-state index contributed by atoms with van der Waals surface area (Å²) in [6.07, 6.45) is -1.07. The lowest BCUT2D eigenvalue weighted by atomic mass is 9.93. The second-order valence-corrected chi connectivity index (χ2v) is 7.53. The highest BCUT2D eigenvalue weighted by Crippen LogP contribution is 2.29. The van der Waals surface area contributed by atoms with Crippen molar-refractivity contribution < 1.29 is 23.0 Å². The first-order chi connectivity index (χ1) is 14.3. The van der Waals surface area contributed by atoms with E-state index in [4.69, 9.17) is 4.74 Å². The standard InChI is InChI=1S/C21H33F3N4O2/c1-3-25-20(27-12-8-17-5-4-6-18(30-2)19(17)29)26-11-7-16-9-13-28(14-10-16)15-21(22,23)24/h4-6,16,29H,3,7-15H2,1-2H3,(H2,25,26,27). The molecule has 0 radical (unpaired) electrons. The summed E-state index contributed by atoms with van der Waals surface area (Å²) in [6.45, 7) is 4.13. The number of hydrogen-bond acceptors (Lipinski definition) is 4. The number of para-hydroxylation sites is 1. The largest absolute Gasteiger partial charge is 0.504 e. The third-order valence-electron chi connectivity index (χ3n) is 5.25. The summed E-state index contributed by atoms with van der Waals surface area (Å²) in [5.41, 5.74) is 0.795. The Bertz CT molecular complexity index is 675. The minimum atomic E-state index is -4.12. The number of nitrogens with zero attached hydrogens (tertiary/aromatic N) is 2. The van der Waals surface area contributed by atoms with E-state index in [9.17, 15) is 18.3 Å². The summed E-state index contributed by atoms with van der Waals surface area (Å²) in [6, 6.07) is 5.41. The van der Waals surface area contributed by atoms with Crippen LogP contribution in [0, 0.1) is 5.92 Å². The fourth-order valence-electron chi connectivity index (χ4n) is 3.64. The van der Waals surface area contributed by atoms with Crippen LogP contribution >= 0.6 is 0 Å². The smallest absolute Gasteiger partial charge is 0.401 e. The van der Waals surface area contributed by atoms with Gasteiger partial charge in [-0.1, -0.05) is 12.1 Å². The molecule has 170 valence electrons. The number of guanidine groups is 1. The van der Waals surface area contributed by atoms with Crippen molar-refractivity contribution in [2.45, 2.75) is 38.8 Å². The van der Waals surface area contributed by atoms with Crippen molar-refractivity contribution in [1.29, 1.82) is 0 Å². The number of phenols is 1. The van der Waals surface area contributed by atoms with Gasteiger partial charge in [0.15, 0.2) is 17.5 Å². The average molecular weight is 431 g/mol. The van der Waals surface area contributed by atoms with Crippen LogP contribution in [-0.2, 0) is 6.42 Å². The molecule has 2 rings (SSSR count). The first-order valence-electron chi connectivity index (χ1n) is 10.5. The maximum absolute atomic E-state index is 12.5. The summed E-state index contributed by atoms with van der Waals surface area (Å²) in [4.78, 5) is 6.07. The van der Waals surface area contributed by atoms with Gasteiger partial charge in [0.2, 0.25) is 0 Å². The van der Waals surface area contributed by atoms with E-state index in [-0.39, 0.29) is 5.75 Å². The van der Waals surface area contributed by atoms with Crippen LogP contribution < -0.4 is 15.4 Å². The number of methoxy groups -OCH3 is 1. The Labute approximate surface area is 176 Å². The van der Waals surface area contributed by atoms with Crippen LogP contribution in [0.25, 0.3) is 0 Å². The molecule has 1 aliphatic heterocycles. The fourth-order valence-corrected chi connectivity index (χ4v) is 3.64. The second kappa shape index (κ2) is 11.9. The van der Waals surface area contributed by atoms with Crippen molar-refractivity contribution in [1.82, 2.24) is 15.5 Å². The van der Waals surface area contributed by atoms with Crippen LogP contribution in [0.1, 0.15) is 31.7 Å². The van der Waals surface area contributed by atoms with E-state index in [0.717, 1.165) is 31.4 Å². The van der Waals surface area contributed by atoms with E-state index in [1.165, 1.54) is 12.0 Å². The van der Waals surface area contributed by atoms with E-state index >= 15 is 0 Å². The molecular weight excluding hydrogens is 397 g/mol. The topological polar surface area (TPSA) is 69.1 Å². The molecule has 3 N–H and O–H groups in total. The van der Waals surface area contributed by atoms with E-state index in [1.54, 1.807) is 6.07 Å². The summed E-state index contributed by atoms with van der Waals surface area (Å²) >= 11 is 0. The number of nitrogens with one attached hydrogen (secondary N) is 2. The highest BCUT2D eigenvalue weighted by Gasteiger charge is 2.32. The predicted molar refractivity (Wildman–Crippen MR) is 112 cm³/mol. The van der Waals surface area contributed by atoms with Gasteiger partial charge in [0.25, 0.3) is 0 Å². The SMILES string of the molecule is CCNC(=NCCC1CCN(CC(F)(F)F)CC1)NCCc1cccc(OC)c1O. The van der Waals surface area contributed by atoms with E-state index in [2.05, 4.69) is 15.6 Å². The first-order valence-corrected chi connectivity index (χ1v) is 10.5. The van der Waals surface area contributed by atoms with Crippen LogP contribution in [0.5, 0.6) is 11.5 Å². The van der Waals surface area contributed by atoms with Gasteiger partial charge in [0, 0.05) is 19.6 Å². The van der Waals surface area contributed by atoms with E-state index in [0.29, 0.717) is 50.2 Å². The number of alkyl halides is 3. The molecule has 0 saturated carbocycles. The van der Waals surface area contributed by atoms with E-state index in [1.807, 2.05) is 19.1 Å². The zero-order valence-corrected chi connectivity index (χ0v) is 17.8. The van der Waals surface area contributed by atoms with Crippen LogP contribution in [0.2, 0.25) is 0 Å². The number of halogens is 3. The number of benzene rings is 1. The van der Waals surface area contributed by atoms with Crippen molar-refractivity contribution in [3.05, 3.63) is 23.8 Å². The lowest BCUT2D eigenvalue weighted by Gasteiger charge is -2.32. The van der Waals surface area contributed by atoms with Crippen molar-refractivity contribution in [2.75, 3.05) is 46.4 Å². The summed E-state index contributed by atoms with van der Waals surface area (Å²) in [5, 5.41) is 16.6. The summed E-state index contributed by atoms with van der Waals surface area (Å²) in [5.74, 6) is 1.72. The molecule has 1 heterocycles. The van der Waals surface area contributed by atoms with Crippen LogP contribution in [0.4, 0.5) is 13.2 Å². The number of rotatable bonds is 9. The molecule has 1 saturated heterocycles. The van der Waals surface area contributed by atoms with Crippen LogP contribution in [-0.4, -0.2) is 68.5 Å². The fraction of sp³-hybridized carbons (Fsp3) is 0.667. The Morgan fingerprint density at radius 1 is 1.27 bits per heavy atom. The lowest BCUT2D eigenvalue weighted by molar-refractivity contribution is -0.148. The molecule has 0 atom stereocenters. The molecule has 1 fully saturated rings. The van der Waals surface area contributed by atoms with Crippen molar-refractivity contribution in [3.8, 4) is 11.5 Å². The molecule has 0 aliphatic carbocycles. The highest BCUT2D eigenvalue weighted by molar-refractivity contribution is 5.79. The third kappa shape index (κ3) is 8.30. The molecule has 30 heavy (non-hydrogen) atoms. The Morgan fingerprint density at radius 3 is 2.63 bits per heavy atom. The molecule has 1 aromatic carbocycles. The Hall–Kier alpha value is -2.16. The Balaban J connectivity index is 1.74. The Morgan fingerprint density at radius 2 is 2.00 bits per heavy atom. The van der Waals surface area contributed by atoms with Gasteiger partial charge in [0.1, 0.15) is 0 Å². The van der Waals surface area contributed by atoms with Crippen LogP contribution in [0.3, 0.4) is 0 Å². The molecule has 9 heteroatoms. The second-order valence-electron chi connectivity index (χ2n) is 7.53. The minimum absolute atomic E-state index is 0.153. The quantitative estimate of drug-likeness (QED) is 0.415. The van der Waals surface area contributed by atoms with Gasteiger partial charge in [0.05, 0.1) is 13.7 Å². The molecule has 0 aromatic heterocycles. The van der Waals surface area contributed by atoms with Gasteiger partial charge in [-0.25, -0.2) is 0 Å². The number of aliphatic imine (C=N–C) groups is 1. The number of aromatic hydroxyl groups is 1. The molecule has 6 nitrogen and oxygen atoms in total. The number of piperidine rings is 1. The Kier molecular flexibility index (Phi) is 9.55. The average Bonchev–Trinajstić information content (AvgIpc) is 2.69. The number of hydrogen-bond donors (Lipinski definition) is 3. The first kappa shape index (κ1) is 24.1. The van der Waals surface area contributed by atoms with Gasteiger partial charge >= 0.3 is 6.18 Å². The molecule has 1 aromatic rings. The number of ether oxygens (including phenoxy) is 1. The van der Waals surface area contributed by atoms with Crippen LogP contribution in [0.15, 0.2) is 23.2 Å². The minimum Gasteiger partial charge on any atom is -0.504 e. The van der Waals surface area contributed by atoms with Gasteiger partial charge in [-0.2, -0.15) is 13.2 Å². The van der Waals surface area contributed by atoms with Gasteiger partial charge in [-0.3, -0.25) is 9.89 Å².